The van der Waals surface area contributed by atoms with Crippen LogP contribution in [0.2, 0.25) is 0 Å². The van der Waals surface area contributed by atoms with Gasteiger partial charge < -0.3 is 10.4 Å². The van der Waals surface area contributed by atoms with Crippen LogP contribution in [0.5, 0.6) is 0 Å². The first-order chi connectivity index (χ1) is 6.49. The molecule has 0 aromatic carbocycles. The highest BCUT2D eigenvalue weighted by molar-refractivity contribution is 5.20. The Hall–Kier alpha value is -0.930. The second-order valence-corrected chi connectivity index (χ2v) is 4.22. The molecule has 0 saturated heterocycles. The average Bonchev–Trinajstić information content (AvgIpc) is 2.06. The third-order valence-corrected chi connectivity index (χ3v) is 2.02. The molecule has 0 bridgehead atoms. The van der Waals surface area contributed by atoms with E-state index in [0.29, 0.717) is 6.54 Å². The van der Waals surface area contributed by atoms with E-state index in [0.717, 1.165) is 6.54 Å². The van der Waals surface area contributed by atoms with E-state index in [9.17, 15) is 5.11 Å². The molecule has 0 saturated carbocycles. The zero-order valence-corrected chi connectivity index (χ0v) is 9.04. The minimum Gasteiger partial charge on any atom is -0.389 e. The molecule has 0 aliphatic rings. The molecule has 0 aliphatic carbocycles. The summed E-state index contributed by atoms with van der Waals surface area (Å²) in [6, 6.07) is 1.99. The number of rotatable bonds is 4. The van der Waals surface area contributed by atoms with Crippen LogP contribution in [-0.4, -0.2) is 22.2 Å². The maximum atomic E-state index is 9.49. The summed E-state index contributed by atoms with van der Waals surface area (Å²) in [6.07, 6.45) is 3.64. The van der Waals surface area contributed by atoms with Crippen molar-refractivity contribution in [2.24, 2.45) is 0 Å². The van der Waals surface area contributed by atoms with E-state index >= 15 is 0 Å². The van der Waals surface area contributed by atoms with Crippen LogP contribution in [0.1, 0.15) is 25.0 Å². The quantitative estimate of drug-likeness (QED) is 0.758. The predicted octanol–water partition coefficient (Wildman–Crippen LogP) is 1.25. The highest BCUT2D eigenvalue weighted by Gasteiger charge is 2.11. The fourth-order valence-corrected chi connectivity index (χ4v) is 1.18. The summed E-state index contributed by atoms with van der Waals surface area (Å²) in [5, 5.41) is 12.7. The number of aliphatic hydroxyl groups is 1. The van der Waals surface area contributed by atoms with E-state index in [4.69, 9.17) is 0 Å². The Labute approximate surface area is 85.2 Å². The zero-order valence-electron chi connectivity index (χ0n) is 9.04. The number of hydrogen-bond donors (Lipinski definition) is 2. The summed E-state index contributed by atoms with van der Waals surface area (Å²) in [5.41, 5.74) is 1.75. The van der Waals surface area contributed by atoms with E-state index in [1.165, 1.54) is 11.1 Å². The van der Waals surface area contributed by atoms with Crippen LogP contribution in [0.4, 0.5) is 0 Å². The summed E-state index contributed by atoms with van der Waals surface area (Å²) in [7, 11) is 0. The van der Waals surface area contributed by atoms with Crippen LogP contribution >= 0.6 is 0 Å². The topological polar surface area (TPSA) is 45.2 Å². The average molecular weight is 194 g/mol. The molecule has 0 unspecified atom stereocenters. The largest absolute Gasteiger partial charge is 0.389 e. The van der Waals surface area contributed by atoms with Gasteiger partial charge in [0.1, 0.15) is 0 Å². The fraction of sp³-hybridized carbons (Fsp3) is 0.545. The number of aromatic nitrogens is 1. The van der Waals surface area contributed by atoms with Gasteiger partial charge in [0.05, 0.1) is 5.60 Å². The molecule has 0 amide bonds. The molecule has 2 N–H and O–H groups in total. The number of aryl methyl sites for hydroxylation is 1. The minimum absolute atomic E-state index is 0.585. The number of nitrogens with one attached hydrogen (secondary N) is 1. The first kappa shape index (κ1) is 11.1. The van der Waals surface area contributed by atoms with E-state index in [1.54, 1.807) is 20.0 Å². The Bertz CT molecular complexity index is 292. The van der Waals surface area contributed by atoms with Crippen molar-refractivity contribution in [3.8, 4) is 0 Å². The van der Waals surface area contributed by atoms with Gasteiger partial charge in [-0.15, -0.1) is 0 Å². The summed E-state index contributed by atoms with van der Waals surface area (Å²) >= 11 is 0. The minimum atomic E-state index is -0.657. The third kappa shape index (κ3) is 3.85. The van der Waals surface area contributed by atoms with Crippen LogP contribution < -0.4 is 5.32 Å². The molecule has 1 aromatic rings. The van der Waals surface area contributed by atoms with Crippen molar-refractivity contribution < 1.29 is 5.11 Å². The van der Waals surface area contributed by atoms with Crippen LogP contribution in [0.3, 0.4) is 0 Å². The van der Waals surface area contributed by atoms with Gasteiger partial charge in [-0.1, -0.05) is 0 Å². The number of nitrogens with zero attached hydrogens (tertiary/aromatic N) is 1. The first-order valence-electron chi connectivity index (χ1n) is 4.81. The number of hydrogen-bond acceptors (Lipinski definition) is 3. The lowest BCUT2D eigenvalue weighted by molar-refractivity contribution is 0.0795. The Morgan fingerprint density at radius 3 is 2.79 bits per heavy atom. The van der Waals surface area contributed by atoms with Gasteiger partial charge in [0, 0.05) is 25.5 Å². The molecule has 1 aromatic heterocycles. The molecule has 0 radical (unpaired) electrons. The van der Waals surface area contributed by atoms with Crippen LogP contribution in [0.15, 0.2) is 18.5 Å². The maximum Gasteiger partial charge on any atom is 0.0715 e. The molecular formula is C11H18N2O. The molecule has 0 atom stereocenters. The standard InChI is InChI=1S/C11H18N2O/c1-9-4-5-12-6-10(9)7-13-8-11(2,3)14/h4-6,13-14H,7-8H2,1-3H3. The molecule has 3 heteroatoms. The van der Waals surface area contributed by atoms with E-state index in [2.05, 4.69) is 17.2 Å². The zero-order chi connectivity index (χ0) is 10.6. The van der Waals surface area contributed by atoms with Gasteiger partial charge >= 0.3 is 0 Å². The molecular weight excluding hydrogens is 176 g/mol. The Balaban J connectivity index is 2.43. The van der Waals surface area contributed by atoms with Crippen molar-refractivity contribution in [3.05, 3.63) is 29.6 Å². The van der Waals surface area contributed by atoms with Crippen molar-refractivity contribution in [2.75, 3.05) is 6.54 Å². The number of pyridine rings is 1. The van der Waals surface area contributed by atoms with Crippen LogP contribution in [-0.2, 0) is 6.54 Å². The second kappa shape index (κ2) is 4.53. The smallest absolute Gasteiger partial charge is 0.0715 e. The second-order valence-electron chi connectivity index (χ2n) is 4.22. The molecule has 0 fully saturated rings. The Morgan fingerprint density at radius 1 is 1.50 bits per heavy atom. The van der Waals surface area contributed by atoms with Gasteiger partial charge in [0.25, 0.3) is 0 Å². The van der Waals surface area contributed by atoms with Gasteiger partial charge in [-0.05, 0) is 38.0 Å². The van der Waals surface area contributed by atoms with Gasteiger partial charge in [0.2, 0.25) is 0 Å². The van der Waals surface area contributed by atoms with Gasteiger partial charge in [0.15, 0.2) is 0 Å². The van der Waals surface area contributed by atoms with Gasteiger partial charge in [-0.25, -0.2) is 0 Å². The highest BCUT2D eigenvalue weighted by atomic mass is 16.3. The summed E-state index contributed by atoms with van der Waals surface area (Å²) in [5.74, 6) is 0. The lowest BCUT2D eigenvalue weighted by Crippen LogP contribution is -2.34. The molecule has 78 valence electrons. The summed E-state index contributed by atoms with van der Waals surface area (Å²) in [6.45, 7) is 6.97. The molecule has 0 aliphatic heterocycles. The van der Waals surface area contributed by atoms with Crippen molar-refractivity contribution in [2.45, 2.75) is 32.9 Å². The lowest BCUT2D eigenvalue weighted by Gasteiger charge is -2.17. The Kier molecular flexibility index (Phi) is 3.61. The lowest BCUT2D eigenvalue weighted by atomic mass is 10.1. The highest BCUT2D eigenvalue weighted by Crippen LogP contribution is 2.05. The maximum absolute atomic E-state index is 9.49. The first-order valence-corrected chi connectivity index (χ1v) is 4.81. The fourth-order valence-electron chi connectivity index (χ4n) is 1.18. The normalized spacial score (nSPS) is 11.7. The van der Waals surface area contributed by atoms with E-state index < -0.39 is 5.60 Å². The van der Waals surface area contributed by atoms with Crippen LogP contribution in [0.25, 0.3) is 0 Å². The monoisotopic (exact) mass is 194 g/mol. The summed E-state index contributed by atoms with van der Waals surface area (Å²) in [4.78, 5) is 4.06. The van der Waals surface area contributed by atoms with Crippen molar-refractivity contribution in [3.63, 3.8) is 0 Å². The van der Waals surface area contributed by atoms with Crippen molar-refractivity contribution in [1.29, 1.82) is 0 Å². The van der Waals surface area contributed by atoms with Gasteiger partial charge in [-0.2, -0.15) is 0 Å². The summed E-state index contributed by atoms with van der Waals surface area (Å²) < 4.78 is 0. The third-order valence-electron chi connectivity index (χ3n) is 2.02. The molecule has 14 heavy (non-hydrogen) atoms. The Morgan fingerprint density at radius 2 is 2.21 bits per heavy atom. The van der Waals surface area contributed by atoms with E-state index in [-0.39, 0.29) is 0 Å². The molecule has 1 rings (SSSR count). The van der Waals surface area contributed by atoms with Crippen molar-refractivity contribution in [1.82, 2.24) is 10.3 Å². The molecule has 1 heterocycles. The molecule has 3 nitrogen and oxygen atoms in total. The SMILES string of the molecule is Cc1ccncc1CNCC(C)(C)O. The van der Waals surface area contributed by atoms with Crippen molar-refractivity contribution >= 4 is 0 Å². The molecule has 0 spiro atoms. The van der Waals surface area contributed by atoms with Gasteiger partial charge in [-0.3, -0.25) is 4.98 Å². The van der Waals surface area contributed by atoms with E-state index in [1.807, 2.05) is 12.3 Å². The van der Waals surface area contributed by atoms with Crippen LogP contribution in [0, 0.1) is 6.92 Å². The predicted molar refractivity (Wildman–Crippen MR) is 57.0 cm³/mol.